The molecule has 8 nitrogen and oxygen atoms in total. The van der Waals surface area contributed by atoms with Crippen molar-refractivity contribution in [2.24, 2.45) is 0 Å². The average Bonchev–Trinajstić information content (AvgIpc) is 3.17. The van der Waals surface area contributed by atoms with Crippen molar-refractivity contribution in [3.63, 3.8) is 0 Å². The summed E-state index contributed by atoms with van der Waals surface area (Å²) >= 11 is 0. The maximum absolute atomic E-state index is 12.0. The molecular weight excluding hydrogens is 412 g/mol. The molecule has 0 radical (unpaired) electrons. The highest BCUT2D eigenvalue weighted by Gasteiger charge is 2.33. The topological polar surface area (TPSA) is 101 Å². The lowest BCUT2D eigenvalue weighted by Gasteiger charge is -2.16. The van der Waals surface area contributed by atoms with Crippen molar-refractivity contribution < 1.29 is 36.7 Å². The monoisotopic (exact) mass is 446 g/mol. The predicted octanol–water partition coefficient (Wildman–Crippen LogP) is 2.76. The van der Waals surface area contributed by atoms with Crippen molar-refractivity contribution in [1.82, 2.24) is 0 Å². The van der Waals surface area contributed by atoms with Crippen LogP contribution >= 0.6 is 0 Å². The predicted molar refractivity (Wildman–Crippen MR) is 110 cm³/mol. The van der Waals surface area contributed by atoms with Gasteiger partial charge in [-0.2, -0.15) is 8.42 Å². The van der Waals surface area contributed by atoms with Gasteiger partial charge in [-0.3, -0.25) is 4.18 Å². The molecule has 2 unspecified atom stereocenters. The molecule has 2 saturated heterocycles. The van der Waals surface area contributed by atoms with Crippen LogP contribution in [0.25, 0.3) is 0 Å². The van der Waals surface area contributed by atoms with Gasteiger partial charge in [0.25, 0.3) is 10.1 Å². The fourth-order valence-corrected chi connectivity index (χ4v) is 3.94. The number of rotatable bonds is 7. The van der Waals surface area contributed by atoms with Crippen molar-refractivity contribution in [1.29, 1.82) is 0 Å². The molecule has 3 rings (SSSR count). The largest absolute Gasteiger partial charge is 0.396 e. The molecule has 0 aromatic heterocycles. The van der Waals surface area contributed by atoms with Crippen LogP contribution in [0, 0.1) is 6.92 Å². The molecule has 2 aliphatic heterocycles. The van der Waals surface area contributed by atoms with Gasteiger partial charge < -0.3 is 24.1 Å². The first-order valence-corrected chi connectivity index (χ1v) is 11.5. The minimum atomic E-state index is -3.69. The van der Waals surface area contributed by atoms with E-state index in [4.69, 9.17) is 28.2 Å². The van der Waals surface area contributed by atoms with Crippen molar-refractivity contribution in [3.8, 4) is 0 Å². The standard InChI is InChI=1S/C14H20O5S.C7H14O3/c1-11-4-6-13(7-5-11)20(15,16)18-9-8-12-10-17-14(2,3)19-12;1-7(2)9-5-6(10-7)3-4-8/h4-7,12H,8-10H2,1-3H3;6,8H,3-5H2,1-2H3. The number of hydrogen-bond acceptors (Lipinski definition) is 8. The van der Waals surface area contributed by atoms with E-state index in [0.717, 1.165) is 5.56 Å². The summed E-state index contributed by atoms with van der Waals surface area (Å²) in [7, 11) is -3.69. The molecule has 1 aromatic rings. The third kappa shape index (κ3) is 8.22. The Kier molecular flexibility index (Phi) is 8.81. The number of aryl methyl sites for hydroxylation is 1. The van der Waals surface area contributed by atoms with E-state index in [0.29, 0.717) is 26.1 Å². The Morgan fingerprint density at radius 1 is 0.967 bits per heavy atom. The summed E-state index contributed by atoms with van der Waals surface area (Å²) in [5, 5.41) is 8.56. The highest BCUT2D eigenvalue weighted by molar-refractivity contribution is 7.86. The van der Waals surface area contributed by atoms with Crippen LogP contribution in [0.1, 0.15) is 46.1 Å². The van der Waals surface area contributed by atoms with Gasteiger partial charge in [-0.1, -0.05) is 17.7 Å². The van der Waals surface area contributed by atoms with Crippen LogP contribution in [0.5, 0.6) is 0 Å². The Balaban J connectivity index is 0.000000269. The van der Waals surface area contributed by atoms with E-state index in [9.17, 15) is 8.42 Å². The summed E-state index contributed by atoms with van der Waals surface area (Å²) in [6, 6.07) is 6.57. The maximum atomic E-state index is 12.0. The highest BCUT2D eigenvalue weighted by atomic mass is 32.2. The van der Waals surface area contributed by atoms with E-state index in [1.54, 1.807) is 24.3 Å². The molecule has 172 valence electrons. The number of aliphatic hydroxyl groups is 1. The summed E-state index contributed by atoms with van der Waals surface area (Å²) < 4.78 is 50.6. The fourth-order valence-electron chi connectivity index (χ4n) is 3.02. The molecule has 0 bridgehead atoms. The Morgan fingerprint density at radius 3 is 1.90 bits per heavy atom. The summed E-state index contributed by atoms with van der Waals surface area (Å²) in [6.07, 6.45) is 1.11. The Morgan fingerprint density at radius 2 is 1.47 bits per heavy atom. The first-order valence-electron chi connectivity index (χ1n) is 10.1. The molecule has 0 spiro atoms. The van der Waals surface area contributed by atoms with Gasteiger partial charge in [-0.05, 0) is 53.2 Å². The molecule has 1 aromatic carbocycles. The second-order valence-corrected chi connectivity index (χ2v) is 9.91. The van der Waals surface area contributed by atoms with E-state index in [-0.39, 0.29) is 30.3 Å². The quantitative estimate of drug-likeness (QED) is 0.638. The first kappa shape index (κ1) is 25.2. The SMILES string of the molecule is CC1(C)OCC(CCO)O1.Cc1ccc(S(=O)(=O)OCCC2COC(C)(C)O2)cc1. The molecule has 0 aliphatic carbocycles. The van der Waals surface area contributed by atoms with Crippen LogP contribution in [0.4, 0.5) is 0 Å². The van der Waals surface area contributed by atoms with Crippen LogP contribution in [-0.4, -0.2) is 63.7 Å². The highest BCUT2D eigenvalue weighted by Crippen LogP contribution is 2.25. The van der Waals surface area contributed by atoms with Gasteiger partial charge in [0.05, 0.1) is 36.9 Å². The molecule has 2 atom stereocenters. The lowest BCUT2D eigenvalue weighted by Crippen LogP contribution is -2.22. The van der Waals surface area contributed by atoms with Crippen molar-refractivity contribution in [2.75, 3.05) is 26.4 Å². The Bertz CT molecular complexity index is 758. The van der Waals surface area contributed by atoms with Crippen LogP contribution < -0.4 is 0 Å². The van der Waals surface area contributed by atoms with Crippen LogP contribution in [0.15, 0.2) is 29.2 Å². The van der Waals surface area contributed by atoms with Crippen LogP contribution in [-0.2, 0) is 33.2 Å². The molecule has 30 heavy (non-hydrogen) atoms. The van der Waals surface area contributed by atoms with E-state index in [1.165, 1.54) is 0 Å². The zero-order chi connectivity index (χ0) is 22.4. The van der Waals surface area contributed by atoms with Crippen molar-refractivity contribution >= 4 is 10.1 Å². The third-order valence-corrected chi connectivity index (χ3v) is 5.90. The van der Waals surface area contributed by atoms with E-state index < -0.39 is 21.7 Å². The van der Waals surface area contributed by atoms with Crippen LogP contribution in [0.3, 0.4) is 0 Å². The molecular formula is C21H34O8S. The van der Waals surface area contributed by atoms with Gasteiger partial charge in [-0.25, -0.2) is 0 Å². The Labute approximate surface area is 179 Å². The normalized spacial score (nSPS) is 25.0. The number of aliphatic hydroxyl groups excluding tert-OH is 1. The molecule has 2 heterocycles. The Hall–Kier alpha value is -1.07. The van der Waals surface area contributed by atoms with E-state index >= 15 is 0 Å². The summed E-state index contributed by atoms with van der Waals surface area (Å²) in [5.74, 6) is -1.04. The molecule has 0 amide bonds. The zero-order valence-corrected chi connectivity index (χ0v) is 19.2. The first-order chi connectivity index (χ1) is 13.9. The van der Waals surface area contributed by atoms with Gasteiger partial charge in [-0.15, -0.1) is 0 Å². The van der Waals surface area contributed by atoms with Gasteiger partial charge >= 0.3 is 0 Å². The van der Waals surface area contributed by atoms with Crippen molar-refractivity contribution in [2.45, 2.75) is 76.1 Å². The van der Waals surface area contributed by atoms with Crippen LogP contribution in [0.2, 0.25) is 0 Å². The smallest absolute Gasteiger partial charge is 0.296 e. The molecule has 2 fully saturated rings. The van der Waals surface area contributed by atoms with Crippen molar-refractivity contribution in [3.05, 3.63) is 29.8 Å². The molecule has 0 saturated carbocycles. The van der Waals surface area contributed by atoms with E-state index in [2.05, 4.69) is 0 Å². The van der Waals surface area contributed by atoms with Gasteiger partial charge in [0.15, 0.2) is 11.6 Å². The summed E-state index contributed by atoms with van der Waals surface area (Å²) in [5.41, 5.74) is 1.00. The molecule has 1 N–H and O–H groups in total. The molecule has 2 aliphatic rings. The number of ether oxygens (including phenoxy) is 4. The maximum Gasteiger partial charge on any atom is 0.296 e. The lowest BCUT2D eigenvalue weighted by molar-refractivity contribution is -0.140. The van der Waals surface area contributed by atoms with E-state index in [1.807, 2.05) is 34.6 Å². The lowest BCUT2D eigenvalue weighted by atomic mass is 10.2. The summed E-state index contributed by atoms with van der Waals surface area (Å²) in [4.78, 5) is 0.173. The summed E-state index contributed by atoms with van der Waals surface area (Å²) in [6.45, 7) is 10.6. The third-order valence-electron chi connectivity index (χ3n) is 4.57. The van der Waals surface area contributed by atoms with Gasteiger partial charge in [0.2, 0.25) is 0 Å². The number of benzene rings is 1. The second kappa shape index (κ2) is 10.5. The second-order valence-electron chi connectivity index (χ2n) is 8.29. The number of hydrogen-bond donors (Lipinski definition) is 1. The van der Waals surface area contributed by atoms with Gasteiger partial charge in [0, 0.05) is 13.0 Å². The molecule has 9 heteroatoms. The minimum Gasteiger partial charge on any atom is -0.396 e. The van der Waals surface area contributed by atoms with Gasteiger partial charge in [0.1, 0.15) is 0 Å². The average molecular weight is 447 g/mol. The zero-order valence-electron chi connectivity index (χ0n) is 18.4. The fraction of sp³-hybridized carbons (Fsp3) is 0.714. The minimum absolute atomic E-state index is 0.0833.